The Kier molecular flexibility index (Phi) is 5.26. The number of ether oxygens (including phenoxy) is 1. The van der Waals surface area contributed by atoms with E-state index < -0.39 is 0 Å². The average Bonchev–Trinajstić information content (AvgIpc) is 3.14. The van der Waals surface area contributed by atoms with E-state index in [0.29, 0.717) is 18.2 Å². The van der Waals surface area contributed by atoms with Crippen LogP contribution in [-0.2, 0) is 11.3 Å². The molecular formula is C18H19N5O2. The lowest BCUT2D eigenvalue weighted by Crippen LogP contribution is -2.20. The number of nitrogens with zero attached hydrogens (tertiary/aromatic N) is 2. The van der Waals surface area contributed by atoms with E-state index in [4.69, 9.17) is 4.74 Å². The molecule has 0 saturated carbocycles. The minimum absolute atomic E-state index is 0.0623. The van der Waals surface area contributed by atoms with Gasteiger partial charge >= 0.3 is 0 Å². The summed E-state index contributed by atoms with van der Waals surface area (Å²) in [5, 5.41) is 12.4. The highest BCUT2D eigenvalue weighted by Gasteiger charge is 2.07. The predicted octanol–water partition coefficient (Wildman–Crippen LogP) is 2.74. The van der Waals surface area contributed by atoms with Crippen molar-refractivity contribution in [2.45, 2.75) is 13.5 Å². The summed E-state index contributed by atoms with van der Waals surface area (Å²) in [5.41, 5.74) is 2.81. The zero-order valence-corrected chi connectivity index (χ0v) is 13.8. The fraction of sp³-hybridized carbons (Fsp3) is 0.167. The quantitative estimate of drug-likeness (QED) is 0.616. The zero-order valence-electron chi connectivity index (χ0n) is 13.8. The van der Waals surface area contributed by atoms with Crippen LogP contribution >= 0.6 is 0 Å². The van der Waals surface area contributed by atoms with Gasteiger partial charge in [-0.05, 0) is 25.1 Å². The molecule has 1 amide bonds. The second-order valence-corrected chi connectivity index (χ2v) is 5.50. The van der Waals surface area contributed by atoms with Crippen LogP contribution in [0.3, 0.4) is 0 Å². The van der Waals surface area contributed by atoms with Crippen molar-refractivity contribution in [3.63, 3.8) is 0 Å². The van der Waals surface area contributed by atoms with Crippen LogP contribution in [0.4, 0.5) is 11.6 Å². The van der Waals surface area contributed by atoms with Gasteiger partial charge in [0.1, 0.15) is 12.1 Å². The highest BCUT2D eigenvalue weighted by atomic mass is 16.5. The molecule has 0 aliphatic carbocycles. The van der Waals surface area contributed by atoms with Crippen molar-refractivity contribution in [3.8, 4) is 5.75 Å². The minimum atomic E-state index is -0.207. The third-order valence-electron chi connectivity index (χ3n) is 3.53. The van der Waals surface area contributed by atoms with Crippen molar-refractivity contribution in [3.05, 3.63) is 66.0 Å². The third-order valence-corrected chi connectivity index (χ3v) is 3.53. The molecule has 1 heterocycles. The van der Waals surface area contributed by atoms with Crippen LogP contribution in [-0.4, -0.2) is 27.7 Å². The number of nitrogens with one attached hydrogen (secondary N) is 3. The Morgan fingerprint density at radius 3 is 2.72 bits per heavy atom. The molecule has 2 aromatic carbocycles. The fourth-order valence-corrected chi connectivity index (χ4v) is 2.24. The molecule has 0 aliphatic rings. The molecule has 7 nitrogen and oxygen atoms in total. The van der Waals surface area contributed by atoms with Crippen LogP contribution in [0, 0.1) is 6.92 Å². The first-order valence-electron chi connectivity index (χ1n) is 7.87. The number of carbonyl (C=O) groups excluding carboxylic acids is 1. The standard InChI is InChI=1S/C18H19N5O2/c1-13-6-8-15(9-7-13)22-17(24)11-25-16-5-3-2-4-14(16)10-19-18-20-12-21-23-18/h2-9,12H,10-11H2,1H3,(H,22,24)(H2,19,20,21,23). The first-order valence-corrected chi connectivity index (χ1v) is 7.87. The van der Waals surface area contributed by atoms with Gasteiger partial charge in [-0.1, -0.05) is 35.9 Å². The van der Waals surface area contributed by atoms with Gasteiger partial charge in [-0.15, -0.1) is 0 Å². The van der Waals surface area contributed by atoms with E-state index in [1.165, 1.54) is 6.33 Å². The van der Waals surface area contributed by atoms with Gasteiger partial charge in [-0.25, -0.2) is 10.1 Å². The van der Waals surface area contributed by atoms with E-state index in [-0.39, 0.29) is 12.5 Å². The highest BCUT2D eigenvalue weighted by molar-refractivity contribution is 5.91. The fourth-order valence-electron chi connectivity index (χ4n) is 2.24. The normalized spacial score (nSPS) is 10.3. The van der Waals surface area contributed by atoms with Crippen molar-refractivity contribution in [1.29, 1.82) is 0 Å². The van der Waals surface area contributed by atoms with Gasteiger partial charge < -0.3 is 15.4 Å². The van der Waals surface area contributed by atoms with E-state index in [0.717, 1.165) is 16.8 Å². The van der Waals surface area contributed by atoms with Gasteiger partial charge in [-0.3, -0.25) is 4.79 Å². The van der Waals surface area contributed by atoms with Crippen molar-refractivity contribution >= 4 is 17.5 Å². The Bertz CT molecular complexity index is 816. The van der Waals surface area contributed by atoms with E-state index in [1.54, 1.807) is 0 Å². The van der Waals surface area contributed by atoms with Crippen molar-refractivity contribution < 1.29 is 9.53 Å². The van der Waals surface area contributed by atoms with Gasteiger partial charge in [0.15, 0.2) is 6.61 Å². The smallest absolute Gasteiger partial charge is 0.262 e. The lowest BCUT2D eigenvalue weighted by Gasteiger charge is -2.12. The summed E-state index contributed by atoms with van der Waals surface area (Å²) in [6, 6.07) is 15.2. The molecule has 3 aromatic rings. The number of rotatable bonds is 7. The van der Waals surface area contributed by atoms with Crippen LogP contribution in [0.2, 0.25) is 0 Å². The molecule has 0 atom stereocenters. The number of aromatic nitrogens is 3. The Hall–Kier alpha value is -3.35. The second kappa shape index (κ2) is 7.96. The molecule has 1 aromatic heterocycles. The molecular weight excluding hydrogens is 318 g/mol. The first kappa shape index (κ1) is 16.5. The number of hydrogen-bond donors (Lipinski definition) is 3. The SMILES string of the molecule is Cc1ccc(NC(=O)COc2ccccc2CNc2ncn[nH]2)cc1. The number of carbonyl (C=O) groups is 1. The van der Waals surface area contributed by atoms with Crippen molar-refractivity contribution in [1.82, 2.24) is 15.2 Å². The lowest BCUT2D eigenvalue weighted by atomic mass is 10.2. The summed E-state index contributed by atoms with van der Waals surface area (Å²) in [7, 11) is 0. The summed E-state index contributed by atoms with van der Waals surface area (Å²) in [5.74, 6) is 1.02. The largest absolute Gasteiger partial charge is 0.483 e. The van der Waals surface area contributed by atoms with Crippen molar-refractivity contribution in [2.75, 3.05) is 17.2 Å². The molecule has 0 unspecified atom stereocenters. The second-order valence-electron chi connectivity index (χ2n) is 5.50. The number of hydrogen-bond acceptors (Lipinski definition) is 5. The number of H-pyrrole nitrogens is 1. The molecule has 0 spiro atoms. The van der Waals surface area contributed by atoms with Crippen LogP contribution < -0.4 is 15.4 Å². The van der Waals surface area contributed by atoms with Gasteiger partial charge in [0, 0.05) is 17.8 Å². The van der Waals surface area contributed by atoms with Crippen LogP contribution in [0.1, 0.15) is 11.1 Å². The van der Waals surface area contributed by atoms with E-state index in [9.17, 15) is 4.79 Å². The van der Waals surface area contributed by atoms with Crippen molar-refractivity contribution in [2.24, 2.45) is 0 Å². The molecule has 0 aliphatic heterocycles. The minimum Gasteiger partial charge on any atom is -0.483 e. The number of para-hydroxylation sites is 1. The molecule has 0 saturated heterocycles. The Morgan fingerprint density at radius 2 is 1.96 bits per heavy atom. The molecule has 7 heteroatoms. The molecule has 25 heavy (non-hydrogen) atoms. The molecule has 128 valence electrons. The Morgan fingerprint density at radius 1 is 1.16 bits per heavy atom. The van der Waals surface area contributed by atoms with E-state index in [1.807, 2.05) is 55.5 Å². The summed E-state index contributed by atoms with van der Waals surface area (Å²) in [6.45, 7) is 2.44. The van der Waals surface area contributed by atoms with E-state index >= 15 is 0 Å². The summed E-state index contributed by atoms with van der Waals surface area (Å²) in [6.07, 6.45) is 1.43. The highest BCUT2D eigenvalue weighted by Crippen LogP contribution is 2.19. The van der Waals surface area contributed by atoms with E-state index in [2.05, 4.69) is 25.8 Å². The molecule has 0 radical (unpaired) electrons. The van der Waals surface area contributed by atoms with Crippen LogP contribution in [0.15, 0.2) is 54.9 Å². The van der Waals surface area contributed by atoms with Crippen LogP contribution in [0.25, 0.3) is 0 Å². The number of benzene rings is 2. The molecule has 3 rings (SSSR count). The van der Waals surface area contributed by atoms with Gasteiger partial charge in [0.25, 0.3) is 5.91 Å². The van der Waals surface area contributed by atoms with Gasteiger partial charge in [-0.2, -0.15) is 5.10 Å². The summed E-state index contributed by atoms with van der Waals surface area (Å²) < 4.78 is 5.67. The average molecular weight is 337 g/mol. The zero-order chi connectivity index (χ0) is 17.5. The van der Waals surface area contributed by atoms with Gasteiger partial charge in [0.2, 0.25) is 5.95 Å². The molecule has 0 fully saturated rings. The molecule has 0 bridgehead atoms. The lowest BCUT2D eigenvalue weighted by molar-refractivity contribution is -0.118. The maximum absolute atomic E-state index is 12.1. The Balaban J connectivity index is 1.55. The first-order chi connectivity index (χ1) is 12.2. The van der Waals surface area contributed by atoms with Gasteiger partial charge in [0.05, 0.1) is 0 Å². The maximum Gasteiger partial charge on any atom is 0.262 e. The number of aromatic amines is 1. The number of anilines is 2. The third kappa shape index (κ3) is 4.81. The summed E-state index contributed by atoms with van der Waals surface area (Å²) >= 11 is 0. The maximum atomic E-state index is 12.1. The predicted molar refractivity (Wildman–Crippen MR) is 95.5 cm³/mol. The topological polar surface area (TPSA) is 91.9 Å². The Labute approximate surface area is 145 Å². The monoisotopic (exact) mass is 337 g/mol. The summed E-state index contributed by atoms with van der Waals surface area (Å²) in [4.78, 5) is 16.1. The number of aryl methyl sites for hydroxylation is 1. The number of amides is 1. The van der Waals surface area contributed by atoms with Crippen LogP contribution in [0.5, 0.6) is 5.75 Å². The molecule has 3 N–H and O–H groups in total.